The Hall–Kier alpha value is -2.97. The summed E-state index contributed by atoms with van der Waals surface area (Å²) in [5.41, 5.74) is 3.02. The molecule has 0 radical (unpaired) electrons. The van der Waals surface area contributed by atoms with E-state index >= 15 is 0 Å². The molecule has 2 aliphatic carbocycles. The van der Waals surface area contributed by atoms with Gasteiger partial charge in [-0.25, -0.2) is 13.6 Å². The first-order valence-corrected chi connectivity index (χ1v) is 11.6. The first-order valence-electron chi connectivity index (χ1n) is 11.6. The van der Waals surface area contributed by atoms with E-state index in [4.69, 9.17) is 4.74 Å². The SMILES string of the molecule is CC(=O)N1c2ccc(-c3cnn(C4CC4)c3)cc2N(C(=O)OC2CCC(F)(F)CC2)C[C@@H]1C. The van der Waals surface area contributed by atoms with Gasteiger partial charge in [0, 0.05) is 38.1 Å². The number of fused-ring (bicyclic) bond motifs is 1. The molecule has 0 saturated heterocycles. The van der Waals surface area contributed by atoms with Crippen molar-refractivity contribution in [2.75, 3.05) is 16.3 Å². The molecular formula is C24H28F2N4O3. The molecule has 5 rings (SSSR count). The van der Waals surface area contributed by atoms with Gasteiger partial charge in [0.2, 0.25) is 11.8 Å². The van der Waals surface area contributed by atoms with Gasteiger partial charge >= 0.3 is 6.09 Å². The van der Waals surface area contributed by atoms with Crippen molar-refractivity contribution in [1.29, 1.82) is 0 Å². The summed E-state index contributed by atoms with van der Waals surface area (Å²) in [6.07, 6.45) is 4.72. The zero-order chi connectivity index (χ0) is 23.3. The molecule has 2 heterocycles. The van der Waals surface area contributed by atoms with Crippen molar-refractivity contribution < 1.29 is 23.1 Å². The predicted molar refractivity (Wildman–Crippen MR) is 120 cm³/mol. The maximum absolute atomic E-state index is 13.5. The lowest BCUT2D eigenvalue weighted by Crippen LogP contribution is -2.52. The maximum Gasteiger partial charge on any atom is 0.414 e. The summed E-state index contributed by atoms with van der Waals surface area (Å²) in [4.78, 5) is 28.7. The van der Waals surface area contributed by atoms with Gasteiger partial charge in [0.15, 0.2) is 0 Å². The minimum atomic E-state index is -2.68. The molecule has 2 fully saturated rings. The number of nitrogens with zero attached hydrogens (tertiary/aromatic N) is 4. The summed E-state index contributed by atoms with van der Waals surface area (Å²) < 4.78 is 34.6. The van der Waals surface area contributed by atoms with Gasteiger partial charge in [-0.3, -0.25) is 14.4 Å². The highest BCUT2D eigenvalue weighted by Crippen LogP contribution is 2.41. The monoisotopic (exact) mass is 458 g/mol. The van der Waals surface area contributed by atoms with Crippen LogP contribution in [0.2, 0.25) is 0 Å². The van der Waals surface area contributed by atoms with Crippen molar-refractivity contribution >= 4 is 23.4 Å². The Labute approximate surface area is 191 Å². The van der Waals surface area contributed by atoms with E-state index in [-0.39, 0.29) is 44.2 Å². The number of rotatable bonds is 3. The second-order valence-electron chi connectivity index (χ2n) is 9.43. The molecule has 0 spiro atoms. The first-order chi connectivity index (χ1) is 15.7. The van der Waals surface area contributed by atoms with Crippen molar-refractivity contribution in [3.8, 4) is 11.1 Å². The third-order valence-electron chi connectivity index (χ3n) is 6.76. The lowest BCUT2D eigenvalue weighted by molar-refractivity contribution is -0.117. The summed E-state index contributed by atoms with van der Waals surface area (Å²) in [7, 11) is 0. The van der Waals surface area contributed by atoms with E-state index in [2.05, 4.69) is 5.10 Å². The van der Waals surface area contributed by atoms with Gasteiger partial charge in [0.05, 0.1) is 29.7 Å². The molecule has 33 heavy (non-hydrogen) atoms. The Kier molecular flexibility index (Phi) is 5.37. The second kappa shape index (κ2) is 8.11. The van der Waals surface area contributed by atoms with Gasteiger partial charge in [-0.05, 0) is 50.3 Å². The lowest BCUT2D eigenvalue weighted by Gasteiger charge is -2.41. The highest BCUT2D eigenvalue weighted by molar-refractivity contribution is 6.03. The quantitative estimate of drug-likeness (QED) is 0.637. The van der Waals surface area contributed by atoms with Crippen LogP contribution in [0, 0.1) is 0 Å². The summed E-state index contributed by atoms with van der Waals surface area (Å²) in [6, 6.07) is 5.86. The number of anilines is 2. The molecule has 3 aliphatic rings. The fraction of sp³-hybridized carbons (Fsp3) is 0.542. The van der Waals surface area contributed by atoms with E-state index in [9.17, 15) is 18.4 Å². The molecule has 1 aromatic carbocycles. The van der Waals surface area contributed by atoms with Gasteiger partial charge in [0.1, 0.15) is 6.10 Å². The zero-order valence-corrected chi connectivity index (χ0v) is 18.8. The van der Waals surface area contributed by atoms with Crippen molar-refractivity contribution in [1.82, 2.24) is 9.78 Å². The normalized spacial score (nSPS) is 22.7. The third kappa shape index (κ3) is 4.32. The highest BCUT2D eigenvalue weighted by atomic mass is 19.3. The number of hydrogen-bond donors (Lipinski definition) is 0. The van der Waals surface area contributed by atoms with Crippen LogP contribution < -0.4 is 9.80 Å². The molecule has 1 atom stereocenters. The molecular weight excluding hydrogens is 430 g/mol. The van der Waals surface area contributed by atoms with Crippen molar-refractivity contribution in [3.05, 3.63) is 30.6 Å². The fourth-order valence-electron chi connectivity index (χ4n) is 4.82. The fourth-order valence-corrected chi connectivity index (χ4v) is 4.82. The first kappa shape index (κ1) is 21.9. The molecule has 0 bridgehead atoms. The molecule has 9 heteroatoms. The van der Waals surface area contributed by atoms with Crippen LogP contribution in [0.5, 0.6) is 0 Å². The van der Waals surface area contributed by atoms with Crippen LogP contribution in [0.15, 0.2) is 30.6 Å². The minimum absolute atomic E-state index is 0.111. The van der Waals surface area contributed by atoms with Gasteiger partial charge in [-0.2, -0.15) is 5.10 Å². The summed E-state index contributed by atoms with van der Waals surface area (Å²) >= 11 is 0. The van der Waals surface area contributed by atoms with E-state index in [1.807, 2.05) is 36.0 Å². The number of alkyl halides is 2. The Morgan fingerprint density at radius 3 is 2.48 bits per heavy atom. The number of ether oxygens (including phenoxy) is 1. The van der Waals surface area contributed by atoms with E-state index < -0.39 is 18.1 Å². The van der Waals surface area contributed by atoms with Crippen LogP contribution in [-0.4, -0.2) is 46.4 Å². The number of benzene rings is 1. The minimum Gasteiger partial charge on any atom is -0.446 e. The Bertz CT molecular complexity index is 1070. The standard InChI is InChI=1S/C24H28F2N4O3/c1-15-13-28(23(32)33-20-7-9-24(25,26)10-8-20)22-11-17(3-6-21(22)30(15)16(2)31)18-12-27-29(14-18)19-4-5-19/h3,6,11-12,14-15,19-20H,4-5,7-10,13H2,1-2H3/t15-/m0/s1. The summed E-state index contributed by atoms with van der Waals surface area (Å²) in [5.74, 6) is -2.79. The van der Waals surface area contributed by atoms with Crippen LogP contribution in [0.25, 0.3) is 11.1 Å². The third-order valence-corrected chi connectivity index (χ3v) is 6.76. The molecule has 2 saturated carbocycles. The predicted octanol–water partition coefficient (Wildman–Crippen LogP) is 5.16. The molecule has 0 unspecified atom stereocenters. The number of aromatic nitrogens is 2. The molecule has 2 amide bonds. The van der Waals surface area contributed by atoms with Crippen molar-refractivity contribution in [2.24, 2.45) is 0 Å². The Morgan fingerprint density at radius 1 is 1.09 bits per heavy atom. The van der Waals surface area contributed by atoms with Crippen LogP contribution in [0.1, 0.15) is 58.4 Å². The van der Waals surface area contributed by atoms with Gasteiger partial charge in [-0.15, -0.1) is 0 Å². The second-order valence-corrected chi connectivity index (χ2v) is 9.43. The summed E-state index contributed by atoms with van der Waals surface area (Å²) in [5, 5.41) is 4.45. The van der Waals surface area contributed by atoms with E-state index in [1.165, 1.54) is 11.8 Å². The molecule has 7 nitrogen and oxygen atoms in total. The van der Waals surface area contributed by atoms with Gasteiger partial charge in [0.25, 0.3) is 0 Å². The number of carbonyl (C=O) groups excluding carboxylic acids is 2. The van der Waals surface area contributed by atoms with E-state index in [1.54, 1.807) is 11.1 Å². The van der Waals surface area contributed by atoms with Crippen LogP contribution in [0.3, 0.4) is 0 Å². The highest BCUT2D eigenvalue weighted by Gasteiger charge is 2.39. The molecule has 176 valence electrons. The molecule has 1 aliphatic heterocycles. The smallest absolute Gasteiger partial charge is 0.414 e. The topological polar surface area (TPSA) is 67.7 Å². The van der Waals surface area contributed by atoms with Crippen molar-refractivity contribution in [3.63, 3.8) is 0 Å². The number of halogens is 2. The number of carbonyl (C=O) groups is 2. The van der Waals surface area contributed by atoms with Crippen LogP contribution in [0.4, 0.5) is 25.0 Å². The average Bonchev–Trinajstić information content (AvgIpc) is 3.50. The van der Waals surface area contributed by atoms with Gasteiger partial charge < -0.3 is 9.64 Å². The average molecular weight is 459 g/mol. The largest absolute Gasteiger partial charge is 0.446 e. The maximum atomic E-state index is 13.5. The number of hydrogen-bond acceptors (Lipinski definition) is 4. The van der Waals surface area contributed by atoms with Gasteiger partial charge in [-0.1, -0.05) is 6.07 Å². The molecule has 2 aromatic rings. The Morgan fingerprint density at radius 2 is 1.82 bits per heavy atom. The zero-order valence-electron chi connectivity index (χ0n) is 18.8. The molecule has 1 aromatic heterocycles. The van der Waals surface area contributed by atoms with Crippen molar-refractivity contribution in [2.45, 2.75) is 76.5 Å². The Balaban J connectivity index is 1.44. The van der Waals surface area contributed by atoms with Crippen LogP contribution >= 0.6 is 0 Å². The van der Waals surface area contributed by atoms with E-state index in [0.717, 1.165) is 24.0 Å². The lowest BCUT2D eigenvalue weighted by atomic mass is 9.94. The summed E-state index contributed by atoms with van der Waals surface area (Å²) in [6.45, 7) is 3.64. The van der Waals surface area contributed by atoms with Crippen LogP contribution in [-0.2, 0) is 9.53 Å². The van der Waals surface area contributed by atoms with E-state index in [0.29, 0.717) is 17.4 Å². The molecule has 0 N–H and O–H groups in total. The number of amides is 2.